The highest BCUT2D eigenvalue weighted by Crippen LogP contribution is 2.27. The van der Waals surface area contributed by atoms with Gasteiger partial charge in [0.2, 0.25) is 0 Å². The largest absolute Gasteiger partial charge is 0.302 e. The normalized spacial score (nSPS) is 22.8. The Morgan fingerprint density at radius 2 is 2.50 bits per heavy atom. The molecule has 0 N–H and O–H groups in total. The van der Waals surface area contributed by atoms with Gasteiger partial charge in [0.05, 0.1) is 5.03 Å². The molecular weight excluding hydrogens is 192 g/mol. The van der Waals surface area contributed by atoms with E-state index < -0.39 is 0 Å². The van der Waals surface area contributed by atoms with Crippen LogP contribution >= 0.6 is 11.8 Å². The average Bonchev–Trinajstić information content (AvgIpc) is 2.67. The fourth-order valence-electron chi connectivity index (χ4n) is 1.77. The molecule has 1 unspecified atom stereocenters. The van der Waals surface area contributed by atoms with Gasteiger partial charge in [-0.2, -0.15) is 0 Å². The Morgan fingerprint density at radius 1 is 1.57 bits per heavy atom. The predicted octanol–water partition coefficient (Wildman–Crippen LogP) is 2.27. The van der Waals surface area contributed by atoms with Crippen LogP contribution in [0.3, 0.4) is 0 Å². The van der Waals surface area contributed by atoms with Gasteiger partial charge in [-0.1, -0.05) is 13.0 Å². The van der Waals surface area contributed by atoms with Crippen LogP contribution in [0.25, 0.3) is 0 Å². The second-order valence-electron chi connectivity index (χ2n) is 3.59. The molecule has 0 aromatic carbocycles. The third-order valence-electron chi connectivity index (χ3n) is 2.60. The van der Waals surface area contributed by atoms with Crippen LogP contribution in [0.2, 0.25) is 0 Å². The van der Waals surface area contributed by atoms with Gasteiger partial charge in [0, 0.05) is 18.0 Å². The van der Waals surface area contributed by atoms with E-state index in [1.165, 1.54) is 26.1 Å². The highest BCUT2D eigenvalue weighted by Gasteiger charge is 2.21. The van der Waals surface area contributed by atoms with Crippen LogP contribution in [0.5, 0.6) is 0 Å². The van der Waals surface area contributed by atoms with E-state index >= 15 is 0 Å². The first-order valence-electron chi connectivity index (χ1n) is 5.18. The average molecular weight is 208 g/mol. The van der Waals surface area contributed by atoms with E-state index in [0.29, 0.717) is 0 Å². The number of hydrogen-bond acceptors (Lipinski definition) is 3. The fraction of sp³-hybridized carbons (Fsp3) is 0.545. The minimum absolute atomic E-state index is 0.741. The van der Waals surface area contributed by atoms with Crippen molar-refractivity contribution in [1.82, 2.24) is 9.88 Å². The van der Waals surface area contributed by atoms with E-state index in [9.17, 15) is 0 Å². The second-order valence-corrected chi connectivity index (χ2v) is 4.91. The standard InChI is InChI=1S/C11H16N2S/c1-2-13-8-6-10(9-13)14-11-5-3-4-7-12-11/h3-5,7,10H,2,6,8-9H2,1H3. The summed E-state index contributed by atoms with van der Waals surface area (Å²) in [5, 5.41) is 1.90. The number of pyridine rings is 1. The van der Waals surface area contributed by atoms with Gasteiger partial charge >= 0.3 is 0 Å². The smallest absolute Gasteiger partial charge is 0.0962 e. The summed E-state index contributed by atoms with van der Waals surface area (Å²) in [6, 6.07) is 6.12. The predicted molar refractivity (Wildman–Crippen MR) is 60.6 cm³/mol. The van der Waals surface area contributed by atoms with Crippen molar-refractivity contribution in [2.75, 3.05) is 19.6 Å². The summed E-state index contributed by atoms with van der Waals surface area (Å²) >= 11 is 1.92. The second kappa shape index (κ2) is 4.80. The lowest BCUT2D eigenvalue weighted by molar-refractivity contribution is 0.360. The summed E-state index contributed by atoms with van der Waals surface area (Å²) < 4.78 is 0. The van der Waals surface area contributed by atoms with Crippen molar-refractivity contribution in [3.63, 3.8) is 0 Å². The van der Waals surface area contributed by atoms with Crippen LogP contribution in [-0.4, -0.2) is 34.8 Å². The van der Waals surface area contributed by atoms with E-state index in [4.69, 9.17) is 0 Å². The van der Waals surface area contributed by atoms with Gasteiger partial charge in [0.1, 0.15) is 0 Å². The van der Waals surface area contributed by atoms with E-state index in [0.717, 1.165) is 10.3 Å². The molecule has 1 aromatic rings. The van der Waals surface area contributed by atoms with Crippen molar-refractivity contribution in [2.24, 2.45) is 0 Å². The molecule has 2 rings (SSSR count). The molecule has 2 heterocycles. The molecule has 0 aliphatic carbocycles. The topological polar surface area (TPSA) is 16.1 Å². The third-order valence-corrected chi connectivity index (χ3v) is 3.80. The Hall–Kier alpha value is -0.540. The van der Waals surface area contributed by atoms with Crippen LogP contribution in [0.1, 0.15) is 13.3 Å². The van der Waals surface area contributed by atoms with E-state index in [1.807, 2.05) is 24.0 Å². The monoisotopic (exact) mass is 208 g/mol. The summed E-state index contributed by atoms with van der Waals surface area (Å²) in [7, 11) is 0. The van der Waals surface area contributed by atoms with Crippen LogP contribution in [0, 0.1) is 0 Å². The zero-order chi connectivity index (χ0) is 9.80. The van der Waals surface area contributed by atoms with Gasteiger partial charge in [-0.05, 0) is 31.6 Å². The molecule has 1 aliphatic heterocycles. The highest BCUT2D eigenvalue weighted by atomic mass is 32.2. The molecule has 1 aromatic heterocycles. The minimum Gasteiger partial charge on any atom is -0.302 e. The Morgan fingerprint density at radius 3 is 3.14 bits per heavy atom. The van der Waals surface area contributed by atoms with Gasteiger partial charge in [0.25, 0.3) is 0 Å². The molecule has 0 bridgehead atoms. The van der Waals surface area contributed by atoms with Crippen molar-refractivity contribution in [1.29, 1.82) is 0 Å². The molecule has 0 amide bonds. The number of rotatable bonds is 3. The van der Waals surface area contributed by atoms with Gasteiger partial charge in [-0.25, -0.2) is 4.98 Å². The highest BCUT2D eigenvalue weighted by molar-refractivity contribution is 7.99. The molecule has 1 atom stereocenters. The summed E-state index contributed by atoms with van der Waals surface area (Å²) in [5.74, 6) is 0. The number of likely N-dealkylation sites (tertiary alicyclic amines) is 1. The summed E-state index contributed by atoms with van der Waals surface area (Å²) in [4.78, 5) is 6.84. The van der Waals surface area contributed by atoms with E-state index in [1.54, 1.807) is 0 Å². The zero-order valence-electron chi connectivity index (χ0n) is 8.52. The van der Waals surface area contributed by atoms with Crippen LogP contribution in [0.4, 0.5) is 0 Å². The molecule has 1 aliphatic rings. The summed E-state index contributed by atoms with van der Waals surface area (Å²) in [6.07, 6.45) is 3.17. The van der Waals surface area contributed by atoms with Gasteiger partial charge < -0.3 is 4.90 Å². The quantitative estimate of drug-likeness (QED) is 0.758. The van der Waals surface area contributed by atoms with Crippen molar-refractivity contribution in [2.45, 2.75) is 23.6 Å². The molecule has 2 nitrogen and oxygen atoms in total. The molecule has 1 saturated heterocycles. The van der Waals surface area contributed by atoms with E-state index in [-0.39, 0.29) is 0 Å². The van der Waals surface area contributed by atoms with E-state index in [2.05, 4.69) is 28.9 Å². The maximum atomic E-state index is 4.34. The van der Waals surface area contributed by atoms with Crippen molar-refractivity contribution in [3.8, 4) is 0 Å². The lowest BCUT2D eigenvalue weighted by Gasteiger charge is -2.12. The van der Waals surface area contributed by atoms with Gasteiger partial charge in [-0.15, -0.1) is 11.8 Å². The van der Waals surface area contributed by atoms with Crippen molar-refractivity contribution >= 4 is 11.8 Å². The molecule has 0 radical (unpaired) electrons. The van der Waals surface area contributed by atoms with Crippen molar-refractivity contribution in [3.05, 3.63) is 24.4 Å². The summed E-state index contributed by atoms with van der Waals surface area (Å²) in [6.45, 7) is 5.88. The minimum atomic E-state index is 0.741. The van der Waals surface area contributed by atoms with Gasteiger partial charge in [-0.3, -0.25) is 0 Å². The van der Waals surface area contributed by atoms with Crippen LogP contribution in [0.15, 0.2) is 29.4 Å². The lowest BCUT2D eigenvalue weighted by atomic mass is 10.4. The Kier molecular flexibility index (Phi) is 3.43. The molecule has 0 spiro atoms. The first-order chi connectivity index (χ1) is 6.88. The zero-order valence-corrected chi connectivity index (χ0v) is 9.33. The van der Waals surface area contributed by atoms with Crippen LogP contribution in [-0.2, 0) is 0 Å². The Bertz CT molecular complexity index is 276. The third kappa shape index (κ3) is 2.49. The number of thioether (sulfide) groups is 1. The number of nitrogens with zero attached hydrogens (tertiary/aromatic N) is 2. The van der Waals surface area contributed by atoms with Crippen molar-refractivity contribution < 1.29 is 0 Å². The number of aromatic nitrogens is 1. The molecule has 76 valence electrons. The maximum Gasteiger partial charge on any atom is 0.0962 e. The fourth-order valence-corrected chi connectivity index (χ4v) is 2.90. The molecule has 0 saturated carbocycles. The SMILES string of the molecule is CCN1CCC(Sc2ccccn2)C1. The first kappa shape index (κ1) is 9.99. The molecule has 14 heavy (non-hydrogen) atoms. The summed E-state index contributed by atoms with van der Waals surface area (Å²) in [5.41, 5.74) is 0. The number of hydrogen-bond donors (Lipinski definition) is 0. The maximum absolute atomic E-state index is 4.34. The van der Waals surface area contributed by atoms with Gasteiger partial charge in [0.15, 0.2) is 0 Å². The lowest BCUT2D eigenvalue weighted by Crippen LogP contribution is -2.20. The Balaban J connectivity index is 1.88. The molecular formula is C11H16N2S. The molecule has 1 fully saturated rings. The first-order valence-corrected chi connectivity index (χ1v) is 6.06. The molecule has 3 heteroatoms. The Labute approximate surface area is 89.7 Å². The van der Waals surface area contributed by atoms with Crippen LogP contribution < -0.4 is 0 Å².